The fourth-order valence-corrected chi connectivity index (χ4v) is 5.32. The molecule has 0 unspecified atom stereocenters. The van der Waals surface area contributed by atoms with Crippen LogP contribution in [0.5, 0.6) is 17.2 Å². The Labute approximate surface area is 284 Å². The van der Waals surface area contributed by atoms with E-state index in [1.807, 2.05) is 30.3 Å². The molecule has 0 spiro atoms. The standard InChI is InChI=1S/C38H33Cl2N2O5/c39-29-12-8-10-26(22-29)34-24-28(25-35(36(34)43)27-11-9-13-30(40)23-27)37(44)41-20-6-1-2-7-21-46-38(45)42-31-16-18-33(19-17-31)47-32-14-4-3-5-15-32/h3-5,8-19,22-25H,1-2,6-7,20-21H2,(H,41,44)(H,42,45). The summed E-state index contributed by atoms with van der Waals surface area (Å²) in [6.07, 6.45) is 2.60. The van der Waals surface area contributed by atoms with Gasteiger partial charge in [-0.15, -0.1) is 0 Å². The quantitative estimate of drug-likeness (QED) is 0.122. The second kappa shape index (κ2) is 16.5. The molecule has 0 saturated heterocycles. The Balaban J connectivity index is 1.06. The highest BCUT2D eigenvalue weighted by Gasteiger charge is 2.19. The van der Waals surface area contributed by atoms with Crippen LogP contribution in [0, 0.1) is 0 Å². The highest BCUT2D eigenvalue weighted by Crippen LogP contribution is 2.41. The van der Waals surface area contributed by atoms with Crippen LogP contribution in [0.2, 0.25) is 10.0 Å². The van der Waals surface area contributed by atoms with E-state index in [0.717, 1.165) is 25.0 Å². The average molecular weight is 669 g/mol. The summed E-state index contributed by atoms with van der Waals surface area (Å²) in [7, 11) is 0. The molecule has 0 aliphatic rings. The van der Waals surface area contributed by atoms with Gasteiger partial charge >= 0.3 is 6.09 Å². The summed E-state index contributed by atoms with van der Waals surface area (Å²) < 4.78 is 11.1. The maximum absolute atomic E-state index is 13.5. The van der Waals surface area contributed by atoms with Gasteiger partial charge in [0.1, 0.15) is 11.5 Å². The SMILES string of the molecule is [O]c1c(-c2cccc(Cl)c2)cc(C(=O)NCCCCCCOC(=O)Nc2ccc(Oc3ccccc3)cc2)cc1-c1cccc(Cl)c1. The van der Waals surface area contributed by atoms with E-state index in [0.29, 0.717) is 62.3 Å². The number of para-hydroxylation sites is 1. The Morgan fingerprint density at radius 2 is 1.23 bits per heavy atom. The maximum Gasteiger partial charge on any atom is 0.411 e. The van der Waals surface area contributed by atoms with Crippen molar-refractivity contribution in [3.8, 4) is 39.5 Å². The Hall–Kier alpha value is -4.98. The van der Waals surface area contributed by atoms with Gasteiger partial charge in [-0.25, -0.2) is 4.79 Å². The summed E-state index contributed by atoms with van der Waals surface area (Å²) in [5, 5.41) is 20.2. The van der Waals surface area contributed by atoms with Crippen molar-refractivity contribution in [3.05, 3.63) is 131 Å². The van der Waals surface area contributed by atoms with E-state index in [-0.39, 0.29) is 18.3 Å². The van der Waals surface area contributed by atoms with Gasteiger partial charge in [0.25, 0.3) is 5.91 Å². The molecule has 1 radical (unpaired) electrons. The molecule has 0 heterocycles. The number of benzene rings is 5. The molecule has 7 nitrogen and oxygen atoms in total. The van der Waals surface area contributed by atoms with Gasteiger partial charge in [0.05, 0.1) is 6.61 Å². The first-order valence-corrected chi connectivity index (χ1v) is 16.0. The van der Waals surface area contributed by atoms with E-state index in [1.54, 1.807) is 84.9 Å². The van der Waals surface area contributed by atoms with E-state index in [1.165, 1.54) is 0 Å². The fourth-order valence-electron chi connectivity index (χ4n) is 4.94. The zero-order chi connectivity index (χ0) is 33.0. The minimum absolute atomic E-state index is 0.215. The molecular weight excluding hydrogens is 635 g/mol. The third-order valence-electron chi connectivity index (χ3n) is 7.29. The van der Waals surface area contributed by atoms with E-state index in [9.17, 15) is 14.7 Å². The largest absolute Gasteiger partial charge is 0.457 e. The third-order valence-corrected chi connectivity index (χ3v) is 7.76. The molecule has 47 heavy (non-hydrogen) atoms. The zero-order valence-corrected chi connectivity index (χ0v) is 27.0. The van der Waals surface area contributed by atoms with Crippen LogP contribution in [0.25, 0.3) is 22.3 Å². The molecule has 0 saturated carbocycles. The second-order valence-electron chi connectivity index (χ2n) is 10.8. The van der Waals surface area contributed by atoms with Crippen LogP contribution in [0.15, 0.2) is 115 Å². The van der Waals surface area contributed by atoms with Crippen LogP contribution in [-0.4, -0.2) is 25.2 Å². The molecule has 0 aromatic heterocycles. The number of unbranched alkanes of at least 4 members (excludes halogenated alkanes) is 3. The zero-order valence-electron chi connectivity index (χ0n) is 25.5. The number of anilines is 1. The molecule has 5 aromatic rings. The van der Waals surface area contributed by atoms with Gasteiger partial charge in [0.15, 0.2) is 5.75 Å². The number of ether oxygens (including phenoxy) is 2. The molecule has 9 heteroatoms. The van der Waals surface area contributed by atoms with Crippen molar-refractivity contribution in [2.45, 2.75) is 25.7 Å². The normalized spacial score (nSPS) is 10.7. The molecule has 0 fully saturated rings. The van der Waals surface area contributed by atoms with Crippen LogP contribution < -0.4 is 15.4 Å². The Morgan fingerprint density at radius 1 is 0.638 bits per heavy atom. The first-order chi connectivity index (χ1) is 22.9. The van der Waals surface area contributed by atoms with Crippen molar-refractivity contribution in [2.75, 3.05) is 18.5 Å². The lowest BCUT2D eigenvalue weighted by atomic mass is 9.94. The third kappa shape index (κ3) is 9.75. The molecule has 0 bridgehead atoms. The van der Waals surface area contributed by atoms with Gasteiger partial charge < -0.3 is 14.8 Å². The Kier molecular flexibility index (Phi) is 11.8. The van der Waals surface area contributed by atoms with E-state index in [4.69, 9.17) is 32.7 Å². The van der Waals surface area contributed by atoms with Gasteiger partial charge in [0, 0.05) is 39.0 Å². The second-order valence-corrected chi connectivity index (χ2v) is 11.7. The van der Waals surface area contributed by atoms with Crippen molar-refractivity contribution in [2.24, 2.45) is 0 Å². The van der Waals surface area contributed by atoms with Crippen molar-refractivity contribution in [1.29, 1.82) is 0 Å². The monoisotopic (exact) mass is 667 g/mol. The van der Waals surface area contributed by atoms with Crippen LogP contribution in [0.1, 0.15) is 36.0 Å². The van der Waals surface area contributed by atoms with Crippen LogP contribution in [-0.2, 0) is 9.84 Å². The molecule has 2 N–H and O–H groups in total. The summed E-state index contributed by atoms with van der Waals surface area (Å²) in [5.41, 5.74) is 2.99. The number of amides is 2. The minimum atomic E-state index is -0.521. The molecule has 5 aromatic carbocycles. The Bertz CT molecular complexity index is 1750. The number of carbonyl (C=O) groups is 2. The van der Waals surface area contributed by atoms with Crippen LogP contribution in [0.3, 0.4) is 0 Å². The van der Waals surface area contributed by atoms with Crippen molar-refractivity contribution in [1.82, 2.24) is 5.32 Å². The number of hydrogen-bond donors (Lipinski definition) is 2. The predicted molar refractivity (Wildman–Crippen MR) is 186 cm³/mol. The highest BCUT2D eigenvalue weighted by atomic mass is 35.5. The summed E-state index contributed by atoms with van der Waals surface area (Å²) in [6.45, 7) is 0.746. The van der Waals surface area contributed by atoms with Gasteiger partial charge in [-0.3, -0.25) is 15.2 Å². The molecule has 0 atom stereocenters. The van der Waals surface area contributed by atoms with E-state index in [2.05, 4.69) is 10.6 Å². The van der Waals surface area contributed by atoms with Crippen molar-refractivity contribution < 1.29 is 24.2 Å². The first kappa shape index (κ1) is 33.4. The average Bonchev–Trinajstić information content (AvgIpc) is 3.07. The number of carbonyl (C=O) groups excluding carboxylic acids is 2. The van der Waals surface area contributed by atoms with Crippen LogP contribution in [0.4, 0.5) is 10.5 Å². The molecular formula is C38H33Cl2N2O5. The fraction of sp³-hybridized carbons (Fsp3) is 0.158. The van der Waals surface area contributed by atoms with Crippen molar-refractivity contribution in [3.63, 3.8) is 0 Å². The molecule has 0 aliphatic carbocycles. The summed E-state index contributed by atoms with van der Waals surface area (Å²) >= 11 is 12.4. The topological polar surface area (TPSA) is 96.6 Å². The minimum Gasteiger partial charge on any atom is -0.457 e. The Morgan fingerprint density at radius 3 is 1.85 bits per heavy atom. The number of hydrogen-bond acceptors (Lipinski definition) is 4. The lowest BCUT2D eigenvalue weighted by Crippen LogP contribution is -2.24. The van der Waals surface area contributed by atoms with Crippen LogP contribution >= 0.6 is 23.2 Å². The molecule has 5 rings (SSSR count). The summed E-state index contributed by atoms with van der Waals surface area (Å²) in [4.78, 5) is 25.4. The molecule has 239 valence electrons. The van der Waals surface area contributed by atoms with E-state index >= 15 is 0 Å². The molecule has 2 amide bonds. The highest BCUT2D eigenvalue weighted by molar-refractivity contribution is 6.31. The maximum atomic E-state index is 13.5. The van der Waals surface area contributed by atoms with Gasteiger partial charge in [-0.1, -0.05) is 72.1 Å². The van der Waals surface area contributed by atoms with Crippen molar-refractivity contribution >= 4 is 40.9 Å². The lowest BCUT2D eigenvalue weighted by Gasteiger charge is -2.13. The van der Waals surface area contributed by atoms with Gasteiger partial charge in [-0.2, -0.15) is 0 Å². The molecule has 0 aliphatic heterocycles. The number of halogens is 2. The van der Waals surface area contributed by atoms with E-state index < -0.39 is 6.09 Å². The number of rotatable bonds is 13. The number of nitrogens with one attached hydrogen (secondary N) is 2. The predicted octanol–water partition coefficient (Wildman–Crippen LogP) is 10.8. The smallest absolute Gasteiger partial charge is 0.411 e. The van der Waals surface area contributed by atoms with Gasteiger partial charge in [0.2, 0.25) is 0 Å². The van der Waals surface area contributed by atoms with Gasteiger partial charge in [-0.05, 0) is 103 Å². The lowest BCUT2D eigenvalue weighted by molar-refractivity contribution is 0.0952. The summed E-state index contributed by atoms with van der Waals surface area (Å²) in [5.74, 6) is 0.901. The first-order valence-electron chi connectivity index (χ1n) is 15.3. The summed E-state index contributed by atoms with van der Waals surface area (Å²) in [6, 6.07) is 33.7.